The van der Waals surface area contributed by atoms with E-state index >= 15 is 0 Å². The predicted octanol–water partition coefficient (Wildman–Crippen LogP) is 4.41. The van der Waals surface area contributed by atoms with Gasteiger partial charge in [-0.2, -0.15) is 24.8 Å². The summed E-state index contributed by atoms with van der Waals surface area (Å²) in [7, 11) is -2.09. The molecule has 2 aliphatic rings. The summed E-state index contributed by atoms with van der Waals surface area (Å²) in [5, 5.41) is 4.55. The van der Waals surface area contributed by atoms with Crippen molar-refractivity contribution in [3.8, 4) is 17.1 Å². The number of nitrogens with one attached hydrogen (secondary N) is 1. The first kappa shape index (κ1) is 33.8. The molecule has 0 fully saturated rings. The molecule has 2 aliphatic heterocycles. The zero-order chi connectivity index (χ0) is 34.5. The molecule has 0 bridgehead atoms. The van der Waals surface area contributed by atoms with Gasteiger partial charge in [-0.25, -0.2) is 14.6 Å². The number of pyridine rings is 2. The van der Waals surface area contributed by atoms with Crippen molar-refractivity contribution >= 4 is 48.2 Å². The summed E-state index contributed by atoms with van der Waals surface area (Å²) < 4.78 is 23.6. The normalized spacial score (nSPS) is 16.9. The smallest absolute Gasteiger partial charge is 0.407 e. The highest BCUT2D eigenvalue weighted by Crippen LogP contribution is 2.41. The fraction of sp³-hybridized carbons (Fsp3) is 0.471. The molecule has 1 amide bonds. The molecule has 0 saturated carbocycles. The standard InChI is InChI=1S/C34H41N3O9Si/c1-9-34(45-27(39)11-10-14-35-32(42)46-33(3,4)5)24-16-26-28-22(17-37(26)30(40)23(24)18-43-31(34)41)29(47(6,7)8)21-15-20(44-19(2)38)12-13-25(21)36-28/h12-13,15-16H,9-11,14,17-18H2,1-8H3,(H,35,42)/q-1/t34-/m0/s1. The van der Waals surface area contributed by atoms with E-state index in [-0.39, 0.29) is 50.1 Å². The van der Waals surface area contributed by atoms with E-state index in [0.29, 0.717) is 28.2 Å². The van der Waals surface area contributed by atoms with Gasteiger partial charge in [0.1, 0.15) is 18.0 Å². The molecule has 0 radical (unpaired) electrons. The second-order valence-corrected chi connectivity index (χ2v) is 18.9. The molecule has 1 aromatic carbocycles. The average molecular weight is 664 g/mol. The van der Waals surface area contributed by atoms with Crippen LogP contribution in [0.3, 0.4) is 0 Å². The molecule has 4 heterocycles. The van der Waals surface area contributed by atoms with Crippen LogP contribution >= 0.6 is 0 Å². The number of ether oxygens (including phenoxy) is 4. The molecule has 1 N–H and O–H groups in total. The number of carbonyl (C=O) groups excluding carboxylic acids is 4. The molecule has 12 nitrogen and oxygen atoms in total. The van der Waals surface area contributed by atoms with Crippen molar-refractivity contribution in [3.63, 3.8) is 0 Å². The fourth-order valence-corrected chi connectivity index (χ4v) is 8.40. The van der Waals surface area contributed by atoms with Crippen LogP contribution in [0.15, 0.2) is 29.1 Å². The Morgan fingerprint density at radius 2 is 1.83 bits per heavy atom. The van der Waals surface area contributed by atoms with Crippen molar-refractivity contribution in [2.24, 2.45) is 0 Å². The third-order valence-electron chi connectivity index (χ3n) is 8.15. The third kappa shape index (κ3) is 6.53. The Hall–Kier alpha value is -4.52. The number of hydrogen-bond donors (Lipinski definition) is 1. The largest absolute Gasteiger partial charge is 0.457 e. The maximum absolute atomic E-state index is 14.1. The number of nitrogens with zero attached hydrogens (tertiary/aromatic N) is 2. The van der Waals surface area contributed by atoms with E-state index in [9.17, 15) is 24.0 Å². The van der Waals surface area contributed by atoms with Gasteiger partial charge in [0.25, 0.3) is 5.56 Å². The van der Waals surface area contributed by atoms with Gasteiger partial charge in [0, 0.05) is 25.5 Å². The van der Waals surface area contributed by atoms with E-state index in [1.165, 1.54) is 6.92 Å². The van der Waals surface area contributed by atoms with E-state index in [2.05, 4.69) is 25.0 Å². The Labute approximate surface area is 273 Å². The number of alkyl carbamates (subject to hydrolysis) is 1. The fourth-order valence-electron chi connectivity index (χ4n) is 6.28. The van der Waals surface area contributed by atoms with Crippen LogP contribution in [0.2, 0.25) is 19.6 Å². The van der Waals surface area contributed by atoms with Gasteiger partial charge in [0.2, 0.25) is 5.60 Å². The number of aromatic nitrogens is 2. The average Bonchev–Trinajstić information content (AvgIpc) is 3.32. The summed E-state index contributed by atoms with van der Waals surface area (Å²) in [4.78, 5) is 69.2. The Kier molecular flexibility index (Phi) is 8.82. The second-order valence-electron chi connectivity index (χ2n) is 13.9. The van der Waals surface area contributed by atoms with Gasteiger partial charge >= 0.3 is 24.0 Å². The SMILES string of the molecule is CC[C@@]1(OC(=O)CCCNC(=O)OC(C)(C)C)C(=O)OCc2c1cc1n(c2=O)Cc2c-1nc1ccc(OC(C)=O)cc1c2[Si-](C)(C)C. The van der Waals surface area contributed by atoms with Gasteiger partial charge in [0.15, 0.2) is 0 Å². The summed E-state index contributed by atoms with van der Waals surface area (Å²) in [6.45, 7) is 15.1. The molecular weight excluding hydrogens is 622 g/mol. The molecule has 47 heavy (non-hydrogen) atoms. The maximum atomic E-state index is 14.1. The summed E-state index contributed by atoms with van der Waals surface area (Å²) >= 11 is 0. The van der Waals surface area contributed by atoms with Gasteiger partial charge < -0.3 is 28.8 Å². The third-order valence-corrected chi connectivity index (χ3v) is 10.2. The molecule has 0 spiro atoms. The van der Waals surface area contributed by atoms with Gasteiger partial charge in [-0.05, 0) is 68.8 Å². The molecule has 3 aromatic rings. The highest BCUT2D eigenvalue weighted by Gasteiger charge is 2.50. The van der Waals surface area contributed by atoms with Crippen molar-refractivity contribution < 1.29 is 38.1 Å². The summed E-state index contributed by atoms with van der Waals surface area (Å²) in [5.74, 6) is -1.42. The van der Waals surface area contributed by atoms with Gasteiger partial charge in [-0.1, -0.05) is 6.92 Å². The Morgan fingerprint density at radius 3 is 2.47 bits per heavy atom. The van der Waals surface area contributed by atoms with Gasteiger partial charge in [-0.15, -0.1) is 8.07 Å². The second kappa shape index (κ2) is 12.3. The van der Waals surface area contributed by atoms with Crippen LogP contribution in [-0.2, 0) is 47.3 Å². The van der Waals surface area contributed by atoms with Gasteiger partial charge in [-0.3, -0.25) is 14.4 Å². The van der Waals surface area contributed by atoms with E-state index < -0.39 is 43.3 Å². The lowest BCUT2D eigenvalue weighted by molar-refractivity contribution is -0.189. The Morgan fingerprint density at radius 1 is 1.11 bits per heavy atom. The van der Waals surface area contributed by atoms with Crippen molar-refractivity contribution in [2.75, 3.05) is 6.54 Å². The zero-order valence-corrected chi connectivity index (χ0v) is 29.1. The minimum absolute atomic E-state index is 0.0424. The van der Waals surface area contributed by atoms with Crippen LogP contribution < -0.4 is 20.8 Å². The molecule has 2 aromatic heterocycles. The van der Waals surface area contributed by atoms with Crippen LogP contribution in [0, 0.1) is 0 Å². The van der Waals surface area contributed by atoms with E-state index in [1.807, 2.05) is 6.07 Å². The van der Waals surface area contributed by atoms with E-state index in [0.717, 1.165) is 16.1 Å². The molecule has 251 valence electrons. The first-order valence-electron chi connectivity index (χ1n) is 15.7. The molecule has 0 unspecified atom stereocenters. The zero-order valence-electron chi connectivity index (χ0n) is 28.1. The predicted molar refractivity (Wildman–Crippen MR) is 176 cm³/mol. The first-order chi connectivity index (χ1) is 21.9. The number of carbonyl (C=O) groups is 4. The summed E-state index contributed by atoms with van der Waals surface area (Å²) in [6.07, 6.45) is -0.398. The minimum Gasteiger partial charge on any atom is -0.457 e. The molecule has 0 aliphatic carbocycles. The topological polar surface area (TPSA) is 152 Å². The van der Waals surface area contributed by atoms with E-state index in [4.69, 9.17) is 23.9 Å². The quantitative estimate of drug-likeness (QED) is 0.0944. The van der Waals surface area contributed by atoms with Crippen LogP contribution in [0.1, 0.15) is 70.6 Å². The molecule has 1 atom stereocenters. The van der Waals surface area contributed by atoms with Crippen LogP contribution in [0.5, 0.6) is 5.75 Å². The number of fused-ring (bicyclic) bond motifs is 5. The van der Waals surface area contributed by atoms with Gasteiger partial charge in [0.05, 0.1) is 29.0 Å². The number of rotatable bonds is 8. The van der Waals surface area contributed by atoms with Crippen molar-refractivity contribution in [1.29, 1.82) is 0 Å². The van der Waals surface area contributed by atoms with Crippen molar-refractivity contribution in [3.05, 3.63) is 51.3 Å². The lowest BCUT2D eigenvalue weighted by atomic mass is 9.85. The summed E-state index contributed by atoms with van der Waals surface area (Å²) in [5.41, 5.74) is 0.461. The van der Waals surface area contributed by atoms with Crippen molar-refractivity contribution in [1.82, 2.24) is 14.9 Å². The minimum atomic E-state index is -2.09. The van der Waals surface area contributed by atoms with E-state index in [1.54, 1.807) is 50.5 Å². The van der Waals surface area contributed by atoms with Crippen LogP contribution in [-0.4, -0.2) is 53.8 Å². The number of benzene rings is 1. The van der Waals surface area contributed by atoms with Crippen LogP contribution in [0.4, 0.5) is 4.79 Å². The summed E-state index contributed by atoms with van der Waals surface area (Å²) in [6, 6.07) is 7.05. The lowest BCUT2D eigenvalue weighted by Gasteiger charge is -2.35. The monoisotopic (exact) mass is 663 g/mol. The molecule has 0 saturated heterocycles. The lowest BCUT2D eigenvalue weighted by Crippen LogP contribution is -2.47. The molecule has 5 rings (SSSR count). The maximum Gasteiger partial charge on any atom is 0.407 e. The number of amides is 1. The molecule has 13 heteroatoms. The highest BCUT2D eigenvalue weighted by molar-refractivity contribution is 6.90. The van der Waals surface area contributed by atoms with Crippen LogP contribution in [0.25, 0.3) is 22.3 Å². The first-order valence-corrected chi connectivity index (χ1v) is 19.2. The van der Waals surface area contributed by atoms with Crippen molar-refractivity contribution in [2.45, 2.75) is 97.9 Å². The number of hydrogen-bond acceptors (Lipinski definition) is 10. The Bertz CT molecular complexity index is 1870. The highest BCUT2D eigenvalue weighted by atomic mass is 28.3. The number of esters is 3. The Balaban J connectivity index is 1.52. The molecular formula is C34H41N3O9Si-. The number of cyclic esters (lactones) is 1.